The van der Waals surface area contributed by atoms with Gasteiger partial charge in [0, 0.05) is 11.1 Å². The largest absolute Gasteiger partial charge is 0.508 e. The van der Waals surface area contributed by atoms with Crippen molar-refractivity contribution < 1.29 is 9.90 Å². The van der Waals surface area contributed by atoms with Gasteiger partial charge < -0.3 is 5.11 Å². The van der Waals surface area contributed by atoms with Gasteiger partial charge in [0.05, 0.1) is 0 Å². The van der Waals surface area contributed by atoms with Crippen LogP contribution in [-0.4, -0.2) is 10.9 Å². The number of rotatable bonds is 3. The van der Waals surface area contributed by atoms with Crippen molar-refractivity contribution in [2.45, 2.75) is 0 Å². The van der Waals surface area contributed by atoms with Crippen LogP contribution >= 0.6 is 0 Å². The summed E-state index contributed by atoms with van der Waals surface area (Å²) in [5, 5.41) is 9.39. The molecule has 0 amide bonds. The number of phenolic OH excluding ortho intramolecular Hbond substituents is 1. The highest BCUT2D eigenvalue weighted by Gasteiger charge is 2.13. The van der Waals surface area contributed by atoms with Crippen molar-refractivity contribution in [2.75, 3.05) is 0 Å². The molecule has 0 radical (unpaired) electrons. The highest BCUT2D eigenvalue weighted by Crippen LogP contribution is 2.27. The van der Waals surface area contributed by atoms with Crippen LogP contribution in [-0.2, 0) is 0 Å². The van der Waals surface area contributed by atoms with E-state index < -0.39 is 0 Å². The quantitative estimate of drug-likeness (QED) is 0.723. The lowest BCUT2D eigenvalue weighted by Gasteiger charge is -2.09. The number of phenols is 1. The first-order valence-electron chi connectivity index (χ1n) is 6.74. The van der Waals surface area contributed by atoms with Crippen LogP contribution in [0, 0.1) is 0 Å². The predicted octanol–water partition coefficient (Wildman–Crippen LogP) is 4.29. The molecular formula is C19H14O2. The van der Waals surface area contributed by atoms with E-state index in [9.17, 15) is 9.90 Å². The first-order chi connectivity index (χ1) is 10.3. The smallest absolute Gasteiger partial charge is 0.193 e. The van der Waals surface area contributed by atoms with Crippen molar-refractivity contribution in [1.29, 1.82) is 0 Å². The number of aromatic hydroxyl groups is 1. The van der Waals surface area contributed by atoms with Crippen molar-refractivity contribution in [3.8, 4) is 16.9 Å². The third-order valence-electron chi connectivity index (χ3n) is 3.39. The van der Waals surface area contributed by atoms with Crippen LogP contribution in [0.5, 0.6) is 5.75 Å². The third kappa shape index (κ3) is 2.70. The molecule has 0 saturated carbocycles. The van der Waals surface area contributed by atoms with Gasteiger partial charge in [-0.1, -0.05) is 66.7 Å². The lowest BCUT2D eigenvalue weighted by Crippen LogP contribution is -2.03. The molecule has 1 N–H and O–H groups in total. The summed E-state index contributed by atoms with van der Waals surface area (Å²) >= 11 is 0. The minimum absolute atomic E-state index is 0.000671. The van der Waals surface area contributed by atoms with Gasteiger partial charge in [0.25, 0.3) is 0 Å². The Hall–Kier alpha value is -2.87. The topological polar surface area (TPSA) is 37.3 Å². The number of hydrogen-bond donors (Lipinski definition) is 1. The zero-order valence-corrected chi connectivity index (χ0v) is 11.4. The summed E-state index contributed by atoms with van der Waals surface area (Å²) in [5.74, 6) is 0.213. The molecule has 0 spiro atoms. The average molecular weight is 274 g/mol. The standard InChI is InChI=1S/C19H14O2/c20-16-12-10-14(11-13-16)17-8-4-5-9-18(17)19(21)15-6-2-1-3-7-15/h1-13,20H. The predicted molar refractivity (Wildman–Crippen MR) is 83.4 cm³/mol. The van der Waals surface area contributed by atoms with Crippen LogP contribution in [0.15, 0.2) is 78.9 Å². The van der Waals surface area contributed by atoms with Crippen molar-refractivity contribution in [3.05, 3.63) is 90.0 Å². The Balaban J connectivity index is 2.08. The molecule has 0 bridgehead atoms. The Morgan fingerprint density at radius 3 is 2.05 bits per heavy atom. The molecule has 0 fully saturated rings. The van der Waals surface area contributed by atoms with E-state index in [-0.39, 0.29) is 11.5 Å². The molecule has 0 aliphatic rings. The van der Waals surface area contributed by atoms with Gasteiger partial charge in [0.1, 0.15) is 5.75 Å². The van der Waals surface area contributed by atoms with Crippen molar-refractivity contribution in [3.63, 3.8) is 0 Å². The van der Waals surface area contributed by atoms with Gasteiger partial charge in [-0.2, -0.15) is 0 Å². The van der Waals surface area contributed by atoms with Crippen molar-refractivity contribution >= 4 is 5.78 Å². The summed E-state index contributed by atoms with van der Waals surface area (Å²) in [5.41, 5.74) is 3.11. The van der Waals surface area contributed by atoms with E-state index in [4.69, 9.17) is 0 Å². The van der Waals surface area contributed by atoms with Gasteiger partial charge in [-0.15, -0.1) is 0 Å². The van der Waals surface area contributed by atoms with Crippen LogP contribution in [0.2, 0.25) is 0 Å². The zero-order chi connectivity index (χ0) is 14.7. The number of ketones is 1. The van der Waals surface area contributed by atoms with Gasteiger partial charge >= 0.3 is 0 Å². The molecule has 2 heteroatoms. The van der Waals surface area contributed by atoms with E-state index in [1.165, 1.54) is 0 Å². The summed E-state index contributed by atoms with van der Waals surface area (Å²) in [6, 6.07) is 23.6. The molecule has 0 atom stereocenters. The Morgan fingerprint density at radius 2 is 1.33 bits per heavy atom. The van der Waals surface area contributed by atoms with Gasteiger partial charge in [0.2, 0.25) is 0 Å². The third-order valence-corrected chi connectivity index (χ3v) is 3.39. The zero-order valence-electron chi connectivity index (χ0n) is 11.4. The highest BCUT2D eigenvalue weighted by molar-refractivity contribution is 6.12. The Bertz CT molecular complexity index is 759. The summed E-state index contributed by atoms with van der Waals surface area (Å²) in [6.45, 7) is 0. The van der Waals surface area contributed by atoms with E-state index in [0.29, 0.717) is 11.1 Å². The molecule has 3 rings (SSSR count). The molecular weight excluding hydrogens is 260 g/mol. The fourth-order valence-corrected chi connectivity index (χ4v) is 2.32. The summed E-state index contributed by atoms with van der Waals surface area (Å²) < 4.78 is 0. The van der Waals surface area contributed by atoms with E-state index in [2.05, 4.69) is 0 Å². The molecule has 0 unspecified atom stereocenters. The van der Waals surface area contributed by atoms with E-state index in [1.54, 1.807) is 12.1 Å². The highest BCUT2D eigenvalue weighted by atomic mass is 16.3. The lowest BCUT2D eigenvalue weighted by atomic mass is 9.94. The molecule has 21 heavy (non-hydrogen) atoms. The number of carbonyl (C=O) groups is 1. The Morgan fingerprint density at radius 1 is 0.714 bits per heavy atom. The fraction of sp³-hybridized carbons (Fsp3) is 0. The van der Waals surface area contributed by atoms with Crippen molar-refractivity contribution in [1.82, 2.24) is 0 Å². The molecule has 102 valence electrons. The first-order valence-corrected chi connectivity index (χ1v) is 6.74. The monoisotopic (exact) mass is 274 g/mol. The minimum Gasteiger partial charge on any atom is -0.508 e. The normalized spacial score (nSPS) is 10.3. The summed E-state index contributed by atoms with van der Waals surface area (Å²) in [6.07, 6.45) is 0. The van der Waals surface area contributed by atoms with Gasteiger partial charge in [0.15, 0.2) is 5.78 Å². The van der Waals surface area contributed by atoms with Gasteiger partial charge in [-0.3, -0.25) is 4.79 Å². The maximum Gasteiger partial charge on any atom is 0.193 e. The SMILES string of the molecule is O=C(c1ccccc1)c1ccccc1-c1ccc(O)cc1. The van der Waals surface area contributed by atoms with E-state index in [1.807, 2.05) is 66.7 Å². The van der Waals surface area contributed by atoms with E-state index >= 15 is 0 Å². The molecule has 3 aromatic carbocycles. The second-order valence-electron chi connectivity index (χ2n) is 4.79. The van der Waals surface area contributed by atoms with Crippen LogP contribution in [0.3, 0.4) is 0 Å². The van der Waals surface area contributed by atoms with Crippen molar-refractivity contribution in [2.24, 2.45) is 0 Å². The molecule has 0 aliphatic carbocycles. The van der Waals surface area contributed by atoms with Crippen LogP contribution < -0.4 is 0 Å². The molecule has 0 aromatic heterocycles. The van der Waals surface area contributed by atoms with E-state index in [0.717, 1.165) is 11.1 Å². The maximum atomic E-state index is 12.7. The minimum atomic E-state index is -0.000671. The number of carbonyl (C=O) groups excluding carboxylic acids is 1. The summed E-state index contributed by atoms with van der Waals surface area (Å²) in [7, 11) is 0. The Kier molecular flexibility index (Phi) is 3.52. The number of hydrogen-bond acceptors (Lipinski definition) is 2. The fourth-order valence-electron chi connectivity index (χ4n) is 2.32. The molecule has 0 aliphatic heterocycles. The first kappa shape index (κ1) is 13.1. The van der Waals surface area contributed by atoms with Crippen LogP contribution in [0.4, 0.5) is 0 Å². The van der Waals surface area contributed by atoms with Crippen LogP contribution in [0.1, 0.15) is 15.9 Å². The number of benzene rings is 3. The Labute approximate surface area is 123 Å². The van der Waals surface area contributed by atoms with Crippen LogP contribution in [0.25, 0.3) is 11.1 Å². The molecule has 3 aromatic rings. The second-order valence-corrected chi connectivity index (χ2v) is 4.79. The van der Waals surface area contributed by atoms with Gasteiger partial charge in [-0.25, -0.2) is 0 Å². The lowest BCUT2D eigenvalue weighted by molar-refractivity contribution is 0.103. The average Bonchev–Trinajstić information content (AvgIpc) is 2.56. The maximum absolute atomic E-state index is 12.7. The second kappa shape index (κ2) is 5.63. The molecule has 0 saturated heterocycles. The summed E-state index contributed by atoms with van der Waals surface area (Å²) in [4.78, 5) is 12.7. The molecule has 2 nitrogen and oxygen atoms in total. The molecule has 0 heterocycles. The van der Waals surface area contributed by atoms with Gasteiger partial charge in [-0.05, 0) is 23.3 Å².